The summed E-state index contributed by atoms with van der Waals surface area (Å²) in [5.74, 6) is -1.38. The summed E-state index contributed by atoms with van der Waals surface area (Å²) >= 11 is 0. The summed E-state index contributed by atoms with van der Waals surface area (Å²) in [4.78, 5) is 37.0. The molecule has 0 spiro atoms. The predicted molar refractivity (Wildman–Crippen MR) is 131 cm³/mol. The number of carboxylic acid groups (broad SMARTS) is 1. The van der Waals surface area contributed by atoms with Gasteiger partial charge >= 0.3 is 12.1 Å². The summed E-state index contributed by atoms with van der Waals surface area (Å²) in [6.45, 7) is 0.228. The van der Waals surface area contributed by atoms with Crippen molar-refractivity contribution in [3.8, 4) is 11.1 Å². The van der Waals surface area contributed by atoms with Crippen LogP contribution in [0.2, 0.25) is 0 Å². The number of ether oxygens (including phenoxy) is 1. The number of aliphatic carboxylic acids is 1. The summed E-state index contributed by atoms with van der Waals surface area (Å²) in [5, 5.41) is 15.2. The van der Waals surface area contributed by atoms with Crippen molar-refractivity contribution < 1.29 is 24.2 Å². The number of carboxylic acids is 1. The molecular formula is C28H32N2O5. The Morgan fingerprint density at radius 1 is 0.914 bits per heavy atom. The van der Waals surface area contributed by atoms with Gasteiger partial charge in [0.2, 0.25) is 5.91 Å². The largest absolute Gasteiger partial charge is 0.481 e. The van der Waals surface area contributed by atoms with Crippen LogP contribution in [0.15, 0.2) is 48.5 Å². The second-order valence-electron chi connectivity index (χ2n) is 10.0. The molecule has 3 aliphatic rings. The summed E-state index contributed by atoms with van der Waals surface area (Å²) in [6, 6.07) is 15.7. The first kappa shape index (κ1) is 23.4. The van der Waals surface area contributed by atoms with Gasteiger partial charge in [0.1, 0.15) is 6.61 Å². The number of nitrogens with one attached hydrogen (secondary N) is 2. The van der Waals surface area contributed by atoms with Crippen LogP contribution in [0.5, 0.6) is 0 Å². The molecule has 0 bridgehead atoms. The van der Waals surface area contributed by atoms with Crippen molar-refractivity contribution in [2.24, 2.45) is 11.8 Å². The third kappa shape index (κ3) is 4.90. The summed E-state index contributed by atoms with van der Waals surface area (Å²) < 4.78 is 5.69. The minimum Gasteiger partial charge on any atom is -0.481 e. The monoisotopic (exact) mass is 476 g/mol. The number of benzene rings is 2. The molecule has 3 atom stereocenters. The topological polar surface area (TPSA) is 105 Å². The molecule has 3 aliphatic carbocycles. The zero-order chi connectivity index (χ0) is 24.4. The zero-order valence-electron chi connectivity index (χ0n) is 19.7. The van der Waals surface area contributed by atoms with Gasteiger partial charge in [0, 0.05) is 24.4 Å². The fraction of sp³-hybridized carbons (Fsp3) is 0.464. The number of carbonyl (C=O) groups is 3. The third-order valence-electron chi connectivity index (χ3n) is 7.95. The Balaban J connectivity index is 1.19. The lowest BCUT2D eigenvalue weighted by atomic mass is 9.78. The highest BCUT2D eigenvalue weighted by Gasteiger charge is 2.36. The van der Waals surface area contributed by atoms with Gasteiger partial charge in [0.15, 0.2) is 0 Å². The quantitative estimate of drug-likeness (QED) is 0.522. The highest BCUT2D eigenvalue weighted by molar-refractivity contribution is 5.80. The normalized spacial score (nSPS) is 21.9. The molecule has 35 heavy (non-hydrogen) atoms. The molecule has 184 valence electrons. The number of alkyl carbamates (subject to hydrolysis) is 1. The van der Waals surface area contributed by atoms with Crippen LogP contribution in [0.1, 0.15) is 62.0 Å². The minimum absolute atomic E-state index is 0.0195. The molecule has 0 radical (unpaired) electrons. The van der Waals surface area contributed by atoms with Crippen LogP contribution >= 0.6 is 0 Å². The van der Waals surface area contributed by atoms with Gasteiger partial charge < -0.3 is 20.5 Å². The average molecular weight is 477 g/mol. The highest BCUT2D eigenvalue weighted by Crippen LogP contribution is 2.44. The molecule has 0 saturated heterocycles. The first-order valence-electron chi connectivity index (χ1n) is 12.6. The van der Waals surface area contributed by atoms with Gasteiger partial charge in [-0.2, -0.15) is 0 Å². The van der Waals surface area contributed by atoms with E-state index in [1.165, 1.54) is 11.1 Å². The maximum Gasteiger partial charge on any atom is 0.407 e. The summed E-state index contributed by atoms with van der Waals surface area (Å²) in [6.07, 6.45) is 4.69. The second kappa shape index (κ2) is 10.1. The van der Waals surface area contributed by atoms with Gasteiger partial charge in [0.25, 0.3) is 0 Å². The maximum atomic E-state index is 12.8. The van der Waals surface area contributed by atoms with Crippen molar-refractivity contribution in [2.75, 3.05) is 6.61 Å². The first-order chi connectivity index (χ1) is 17.0. The van der Waals surface area contributed by atoms with Crippen molar-refractivity contribution in [3.05, 3.63) is 59.7 Å². The molecule has 3 N–H and O–H groups in total. The van der Waals surface area contributed by atoms with E-state index in [1.807, 2.05) is 24.3 Å². The molecule has 3 unspecified atom stereocenters. The molecule has 2 saturated carbocycles. The van der Waals surface area contributed by atoms with Gasteiger partial charge in [-0.3, -0.25) is 9.59 Å². The molecule has 0 heterocycles. The molecule has 7 nitrogen and oxygen atoms in total. The number of fused-ring (bicyclic) bond motifs is 3. The molecule has 2 aromatic rings. The second-order valence-corrected chi connectivity index (χ2v) is 10.0. The summed E-state index contributed by atoms with van der Waals surface area (Å²) in [7, 11) is 0. The lowest BCUT2D eigenvalue weighted by Crippen LogP contribution is -2.48. The van der Waals surface area contributed by atoms with E-state index in [4.69, 9.17) is 4.74 Å². The first-order valence-corrected chi connectivity index (χ1v) is 12.6. The molecule has 0 aromatic heterocycles. The Morgan fingerprint density at radius 2 is 1.54 bits per heavy atom. The molecule has 7 heteroatoms. The SMILES string of the molecule is O=C(CC(NC(=O)OCC1c2ccccc2-c2ccccc21)C1CCC1)NC1CCCC1C(=O)O. The van der Waals surface area contributed by atoms with Crippen molar-refractivity contribution in [1.29, 1.82) is 0 Å². The van der Waals surface area contributed by atoms with Gasteiger partial charge in [-0.15, -0.1) is 0 Å². The van der Waals surface area contributed by atoms with Crippen LogP contribution in [0.4, 0.5) is 4.79 Å². The Hall–Kier alpha value is -3.35. The third-order valence-corrected chi connectivity index (χ3v) is 7.95. The van der Waals surface area contributed by atoms with Gasteiger partial charge in [-0.05, 0) is 53.9 Å². The van der Waals surface area contributed by atoms with Gasteiger partial charge in [0.05, 0.1) is 5.92 Å². The van der Waals surface area contributed by atoms with Crippen LogP contribution in [0.25, 0.3) is 11.1 Å². The lowest BCUT2D eigenvalue weighted by Gasteiger charge is -2.34. The predicted octanol–water partition coefficient (Wildman–Crippen LogP) is 4.45. The fourth-order valence-corrected chi connectivity index (χ4v) is 5.86. The van der Waals surface area contributed by atoms with E-state index in [9.17, 15) is 19.5 Å². The van der Waals surface area contributed by atoms with Crippen LogP contribution in [0.3, 0.4) is 0 Å². The number of carbonyl (C=O) groups excluding carboxylic acids is 2. The number of hydrogen-bond acceptors (Lipinski definition) is 4. The number of hydrogen-bond donors (Lipinski definition) is 3. The highest BCUT2D eigenvalue weighted by atomic mass is 16.5. The average Bonchev–Trinajstić information content (AvgIpc) is 3.39. The van der Waals surface area contributed by atoms with Crippen molar-refractivity contribution in [2.45, 2.75) is 62.9 Å². The van der Waals surface area contributed by atoms with Crippen molar-refractivity contribution in [1.82, 2.24) is 10.6 Å². The molecule has 2 aromatic carbocycles. The van der Waals surface area contributed by atoms with Crippen LogP contribution < -0.4 is 10.6 Å². The summed E-state index contributed by atoms with van der Waals surface area (Å²) in [5.41, 5.74) is 4.65. The van der Waals surface area contributed by atoms with Crippen molar-refractivity contribution >= 4 is 18.0 Å². The van der Waals surface area contributed by atoms with Gasteiger partial charge in [-0.1, -0.05) is 61.4 Å². The Kier molecular flexibility index (Phi) is 6.75. The molecule has 0 aliphatic heterocycles. The molecule has 2 amide bonds. The fourth-order valence-electron chi connectivity index (χ4n) is 5.86. The van der Waals surface area contributed by atoms with E-state index >= 15 is 0 Å². The van der Waals surface area contributed by atoms with E-state index in [0.29, 0.717) is 12.8 Å². The van der Waals surface area contributed by atoms with Crippen LogP contribution in [0, 0.1) is 11.8 Å². The Labute approximate surface area is 205 Å². The van der Waals surface area contributed by atoms with Gasteiger partial charge in [-0.25, -0.2) is 4.79 Å². The lowest BCUT2D eigenvalue weighted by molar-refractivity contribution is -0.142. The van der Waals surface area contributed by atoms with E-state index < -0.39 is 18.0 Å². The van der Waals surface area contributed by atoms with E-state index in [0.717, 1.165) is 36.8 Å². The van der Waals surface area contributed by atoms with Crippen LogP contribution in [-0.4, -0.2) is 41.8 Å². The number of rotatable bonds is 8. The minimum atomic E-state index is -0.861. The van der Waals surface area contributed by atoms with E-state index in [2.05, 4.69) is 34.9 Å². The number of amides is 2. The smallest absolute Gasteiger partial charge is 0.407 e. The zero-order valence-corrected chi connectivity index (χ0v) is 19.7. The Bertz CT molecular complexity index is 1070. The maximum absolute atomic E-state index is 12.8. The van der Waals surface area contributed by atoms with E-state index in [-0.39, 0.29) is 42.9 Å². The van der Waals surface area contributed by atoms with Crippen LogP contribution in [-0.2, 0) is 14.3 Å². The van der Waals surface area contributed by atoms with E-state index in [1.54, 1.807) is 0 Å². The molecule has 5 rings (SSSR count). The molecule has 2 fully saturated rings. The Morgan fingerprint density at radius 3 is 2.14 bits per heavy atom. The van der Waals surface area contributed by atoms with Crippen molar-refractivity contribution in [3.63, 3.8) is 0 Å². The standard InChI is InChI=1S/C28H32N2O5/c31-26(29-24-14-6-13-22(24)27(32)33)15-25(17-7-5-8-17)30-28(34)35-16-23-20-11-3-1-9-18(20)19-10-2-4-12-21(19)23/h1-4,9-12,17,22-25H,5-8,13-16H2,(H,29,31)(H,30,34)(H,32,33). The molecular weight excluding hydrogens is 444 g/mol.